The van der Waals surface area contributed by atoms with E-state index in [1.165, 1.54) is 37.0 Å². The molecule has 0 radical (unpaired) electrons. The van der Waals surface area contributed by atoms with Crippen molar-refractivity contribution >= 4 is 28.2 Å². The lowest BCUT2D eigenvalue weighted by molar-refractivity contribution is 0.0926. The molecular formula is C15H26N4OS. The summed E-state index contributed by atoms with van der Waals surface area (Å²) in [5.41, 5.74) is 5.84. The number of rotatable bonds is 6. The summed E-state index contributed by atoms with van der Waals surface area (Å²) in [7, 11) is 0. The van der Waals surface area contributed by atoms with Gasteiger partial charge >= 0.3 is 0 Å². The SMILES string of the molecule is CCCC1CCC(NC(=O)c2sc(NCC)nc2N)CC1. The van der Waals surface area contributed by atoms with Crippen LogP contribution in [0.3, 0.4) is 0 Å². The molecule has 6 heteroatoms. The van der Waals surface area contributed by atoms with E-state index >= 15 is 0 Å². The zero-order valence-corrected chi connectivity index (χ0v) is 13.8. The highest BCUT2D eigenvalue weighted by molar-refractivity contribution is 7.18. The number of hydrogen-bond donors (Lipinski definition) is 3. The third-order valence-corrected chi connectivity index (χ3v) is 5.09. The summed E-state index contributed by atoms with van der Waals surface area (Å²) in [6, 6.07) is 0.287. The molecule has 1 aliphatic rings. The van der Waals surface area contributed by atoms with Gasteiger partial charge in [-0.2, -0.15) is 0 Å². The second kappa shape index (κ2) is 7.64. The van der Waals surface area contributed by atoms with Crippen molar-refractivity contribution in [2.75, 3.05) is 17.6 Å². The van der Waals surface area contributed by atoms with Gasteiger partial charge in [-0.25, -0.2) is 4.98 Å². The number of hydrogen-bond acceptors (Lipinski definition) is 5. The normalized spacial score (nSPS) is 22.0. The number of nitrogens with two attached hydrogens (primary N) is 1. The van der Waals surface area contributed by atoms with E-state index < -0.39 is 0 Å². The molecule has 0 spiro atoms. The van der Waals surface area contributed by atoms with Gasteiger partial charge in [-0.05, 0) is 38.5 Å². The number of anilines is 2. The number of amides is 1. The Hall–Kier alpha value is -1.30. The third kappa shape index (κ3) is 4.33. The average molecular weight is 310 g/mol. The molecule has 118 valence electrons. The Morgan fingerprint density at radius 1 is 1.33 bits per heavy atom. The van der Waals surface area contributed by atoms with Crippen molar-refractivity contribution in [1.82, 2.24) is 10.3 Å². The first-order valence-electron chi connectivity index (χ1n) is 7.95. The molecule has 4 N–H and O–H groups in total. The fourth-order valence-corrected chi connectivity index (χ4v) is 3.83. The summed E-state index contributed by atoms with van der Waals surface area (Å²) in [5, 5.41) is 6.93. The molecule has 1 saturated carbocycles. The summed E-state index contributed by atoms with van der Waals surface area (Å²) >= 11 is 1.33. The Bertz CT molecular complexity index is 466. The van der Waals surface area contributed by atoms with Crippen LogP contribution in [-0.2, 0) is 0 Å². The maximum atomic E-state index is 12.3. The van der Waals surface area contributed by atoms with Gasteiger partial charge in [0.1, 0.15) is 10.7 Å². The van der Waals surface area contributed by atoms with Crippen LogP contribution in [0.4, 0.5) is 10.9 Å². The van der Waals surface area contributed by atoms with Crippen LogP contribution in [0.25, 0.3) is 0 Å². The van der Waals surface area contributed by atoms with Crippen molar-refractivity contribution in [3.05, 3.63) is 4.88 Å². The molecule has 0 unspecified atom stereocenters. The van der Waals surface area contributed by atoms with E-state index in [0.717, 1.165) is 25.3 Å². The number of nitrogen functional groups attached to an aromatic ring is 1. The molecule has 1 aliphatic carbocycles. The predicted molar refractivity (Wildman–Crippen MR) is 88.8 cm³/mol. The number of aromatic nitrogens is 1. The highest BCUT2D eigenvalue weighted by atomic mass is 32.1. The fraction of sp³-hybridized carbons (Fsp3) is 0.733. The summed E-state index contributed by atoms with van der Waals surface area (Å²) in [6.07, 6.45) is 7.17. The molecule has 0 atom stereocenters. The third-order valence-electron chi connectivity index (χ3n) is 4.07. The van der Waals surface area contributed by atoms with E-state index in [1.54, 1.807) is 0 Å². The minimum Gasteiger partial charge on any atom is -0.382 e. The van der Waals surface area contributed by atoms with Crippen molar-refractivity contribution in [1.29, 1.82) is 0 Å². The first kappa shape index (κ1) is 16.1. The lowest BCUT2D eigenvalue weighted by atomic mass is 9.83. The standard InChI is InChI=1S/C15H26N4OS/c1-3-5-10-6-8-11(9-7-10)18-14(20)12-13(16)19-15(21-12)17-4-2/h10-11H,3-9,16H2,1-2H3,(H,17,19)(H,18,20). The first-order chi connectivity index (χ1) is 10.1. The second-order valence-corrected chi connectivity index (χ2v) is 6.74. The van der Waals surface area contributed by atoms with E-state index in [-0.39, 0.29) is 11.9 Å². The lowest BCUT2D eigenvalue weighted by Crippen LogP contribution is -2.37. The quantitative estimate of drug-likeness (QED) is 0.753. The van der Waals surface area contributed by atoms with Crippen LogP contribution in [0.1, 0.15) is 62.0 Å². The van der Waals surface area contributed by atoms with Gasteiger partial charge in [0.15, 0.2) is 5.13 Å². The molecule has 21 heavy (non-hydrogen) atoms. The lowest BCUT2D eigenvalue weighted by Gasteiger charge is -2.28. The van der Waals surface area contributed by atoms with Gasteiger partial charge in [-0.15, -0.1) is 0 Å². The van der Waals surface area contributed by atoms with Crippen molar-refractivity contribution in [2.45, 2.75) is 58.4 Å². The molecule has 5 nitrogen and oxygen atoms in total. The van der Waals surface area contributed by atoms with Gasteiger partial charge in [0, 0.05) is 12.6 Å². The molecule has 1 aromatic heterocycles. The Labute approximate surface area is 130 Å². The van der Waals surface area contributed by atoms with E-state index in [0.29, 0.717) is 15.8 Å². The van der Waals surface area contributed by atoms with Gasteiger partial charge in [0.25, 0.3) is 5.91 Å². The van der Waals surface area contributed by atoms with Gasteiger partial charge < -0.3 is 16.4 Å². The molecule has 0 aromatic carbocycles. The molecule has 2 rings (SSSR count). The van der Waals surface area contributed by atoms with Crippen LogP contribution in [0.15, 0.2) is 0 Å². The fourth-order valence-electron chi connectivity index (χ4n) is 2.98. The molecule has 0 aliphatic heterocycles. The molecule has 1 fully saturated rings. The zero-order valence-electron chi connectivity index (χ0n) is 12.9. The smallest absolute Gasteiger partial charge is 0.265 e. The van der Waals surface area contributed by atoms with E-state index in [4.69, 9.17) is 5.73 Å². The zero-order chi connectivity index (χ0) is 15.2. The van der Waals surface area contributed by atoms with Crippen LogP contribution in [0, 0.1) is 5.92 Å². The maximum absolute atomic E-state index is 12.3. The second-order valence-electron chi connectivity index (χ2n) is 5.74. The van der Waals surface area contributed by atoms with Gasteiger partial charge in [0.2, 0.25) is 0 Å². The minimum absolute atomic E-state index is 0.0758. The first-order valence-corrected chi connectivity index (χ1v) is 8.76. The van der Waals surface area contributed by atoms with Crippen molar-refractivity contribution in [2.24, 2.45) is 5.92 Å². The van der Waals surface area contributed by atoms with Crippen molar-refractivity contribution in [3.63, 3.8) is 0 Å². The maximum Gasteiger partial charge on any atom is 0.265 e. The van der Waals surface area contributed by atoms with Gasteiger partial charge in [0.05, 0.1) is 0 Å². The summed E-state index contributed by atoms with van der Waals surface area (Å²) in [6.45, 7) is 5.00. The molecule has 1 heterocycles. The molecule has 1 amide bonds. The number of nitrogens with zero attached hydrogens (tertiary/aromatic N) is 1. The number of carbonyl (C=O) groups is 1. The Kier molecular flexibility index (Phi) is 5.85. The van der Waals surface area contributed by atoms with Crippen LogP contribution >= 0.6 is 11.3 Å². The highest BCUT2D eigenvalue weighted by Crippen LogP contribution is 2.29. The minimum atomic E-state index is -0.0758. The van der Waals surface area contributed by atoms with E-state index in [9.17, 15) is 4.79 Å². The van der Waals surface area contributed by atoms with Crippen molar-refractivity contribution < 1.29 is 4.79 Å². The molecule has 0 saturated heterocycles. The molecular weight excluding hydrogens is 284 g/mol. The molecule has 0 bridgehead atoms. The largest absolute Gasteiger partial charge is 0.382 e. The van der Waals surface area contributed by atoms with Crippen LogP contribution in [-0.4, -0.2) is 23.5 Å². The predicted octanol–water partition coefficient (Wildman–Crippen LogP) is 3.25. The van der Waals surface area contributed by atoms with E-state index in [1.807, 2.05) is 6.92 Å². The Morgan fingerprint density at radius 2 is 2.05 bits per heavy atom. The summed E-state index contributed by atoms with van der Waals surface area (Å²) in [5.74, 6) is 1.10. The van der Waals surface area contributed by atoms with Crippen LogP contribution < -0.4 is 16.4 Å². The summed E-state index contributed by atoms with van der Waals surface area (Å²) in [4.78, 5) is 17.0. The average Bonchev–Trinajstić information content (AvgIpc) is 2.83. The van der Waals surface area contributed by atoms with Gasteiger partial charge in [-0.1, -0.05) is 31.1 Å². The van der Waals surface area contributed by atoms with Crippen LogP contribution in [0.2, 0.25) is 0 Å². The Balaban J connectivity index is 1.87. The monoisotopic (exact) mass is 310 g/mol. The number of nitrogens with one attached hydrogen (secondary N) is 2. The highest BCUT2D eigenvalue weighted by Gasteiger charge is 2.24. The van der Waals surface area contributed by atoms with Gasteiger partial charge in [-0.3, -0.25) is 4.79 Å². The van der Waals surface area contributed by atoms with Crippen LogP contribution in [0.5, 0.6) is 0 Å². The molecule has 1 aromatic rings. The van der Waals surface area contributed by atoms with E-state index in [2.05, 4.69) is 22.5 Å². The number of carbonyl (C=O) groups excluding carboxylic acids is 1. The summed E-state index contributed by atoms with van der Waals surface area (Å²) < 4.78 is 0. The topological polar surface area (TPSA) is 80.0 Å². The number of thiazole rings is 1. The Morgan fingerprint density at radius 3 is 2.67 bits per heavy atom. The van der Waals surface area contributed by atoms with Crippen molar-refractivity contribution in [3.8, 4) is 0 Å².